The van der Waals surface area contributed by atoms with Gasteiger partial charge < -0.3 is 10.4 Å². The molecule has 0 saturated heterocycles. The van der Waals surface area contributed by atoms with Crippen molar-refractivity contribution in [3.05, 3.63) is 12.2 Å². The summed E-state index contributed by atoms with van der Waals surface area (Å²) >= 11 is 0. The summed E-state index contributed by atoms with van der Waals surface area (Å²) in [6, 6.07) is -0.864. The van der Waals surface area contributed by atoms with Crippen molar-refractivity contribution in [2.75, 3.05) is 0 Å². The van der Waals surface area contributed by atoms with Crippen LogP contribution < -0.4 is 40.0 Å². The Balaban J connectivity index is 0.00000361. The Bertz CT molecular complexity index is 430. The van der Waals surface area contributed by atoms with Crippen LogP contribution in [0.4, 0.5) is 0 Å². The Morgan fingerprint density at radius 2 is 1.95 bits per heavy atom. The van der Waals surface area contributed by atoms with Crippen LogP contribution in [0.25, 0.3) is 0 Å². The third-order valence-electron chi connectivity index (χ3n) is 3.66. The minimum atomic E-state index is -1.25. The fourth-order valence-corrected chi connectivity index (χ4v) is 2.53. The van der Waals surface area contributed by atoms with Crippen LogP contribution in [-0.2, 0) is 9.59 Å². The molecule has 0 aromatic heterocycles. The summed E-state index contributed by atoms with van der Waals surface area (Å²) in [6.07, 6.45) is 2.41. The molecule has 106 valence electrons. The van der Waals surface area contributed by atoms with E-state index in [0.29, 0.717) is 6.42 Å². The molecular weight excluding hydrogens is 267 g/mol. The van der Waals surface area contributed by atoms with Crippen LogP contribution in [0.5, 0.6) is 0 Å². The molecule has 0 aromatic carbocycles. The van der Waals surface area contributed by atoms with Crippen LogP contribution >= 0.6 is 0 Å². The maximum absolute atomic E-state index is 12.2. The van der Waals surface area contributed by atoms with Gasteiger partial charge in [0.15, 0.2) is 0 Å². The van der Waals surface area contributed by atoms with Gasteiger partial charge in [0.25, 0.3) is 5.91 Å². The Morgan fingerprint density at radius 1 is 1.40 bits per heavy atom. The van der Waals surface area contributed by atoms with Crippen LogP contribution in [0.1, 0.15) is 46.5 Å². The minimum absolute atomic E-state index is 0. The monoisotopic (exact) mass is 288 g/mol. The summed E-state index contributed by atoms with van der Waals surface area (Å²) in [5.74, 6) is -0.916. The van der Waals surface area contributed by atoms with Gasteiger partial charge in [-0.1, -0.05) is 32.3 Å². The van der Waals surface area contributed by atoms with Crippen molar-refractivity contribution in [2.45, 2.75) is 46.5 Å². The normalized spacial score (nSPS) is 22.1. The number of nitrogens with one attached hydrogen (secondary N) is 1. The summed E-state index contributed by atoms with van der Waals surface area (Å²) in [5.41, 5.74) is -0.518. The van der Waals surface area contributed by atoms with Crippen molar-refractivity contribution in [3.63, 3.8) is 0 Å². The molecule has 2 amide bonds. The molecule has 0 spiro atoms. The number of allylic oxidation sites excluding steroid dienone is 1. The van der Waals surface area contributed by atoms with E-state index in [9.17, 15) is 14.7 Å². The zero-order valence-electron chi connectivity index (χ0n) is 12.8. The molecule has 6 heteroatoms. The molecule has 0 aliphatic carbocycles. The Morgan fingerprint density at radius 3 is 2.35 bits per heavy atom. The number of amidine groups is 1. The van der Waals surface area contributed by atoms with Crippen molar-refractivity contribution in [1.29, 1.82) is 0 Å². The summed E-state index contributed by atoms with van der Waals surface area (Å²) in [7, 11) is 0. The molecule has 1 aliphatic heterocycles. The molecule has 1 atom stereocenters. The summed E-state index contributed by atoms with van der Waals surface area (Å²) in [5, 5.41) is 13.3. The SMILES string of the molecule is C=C(C)CC1(CC(CC)CC)C(=O)N=C([O-])NC1=O.[Na+]. The summed E-state index contributed by atoms with van der Waals surface area (Å²) < 4.78 is 0. The first-order chi connectivity index (χ1) is 8.85. The molecular formula is C14H21N2NaO3. The van der Waals surface area contributed by atoms with E-state index in [0.717, 1.165) is 18.4 Å². The zero-order valence-corrected chi connectivity index (χ0v) is 14.8. The second kappa shape index (κ2) is 7.96. The average molecular weight is 288 g/mol. The first-order valence-electron chi connectivity index (χ1n) is 6.61. The van der Waals surface area contributed by atoms with E-state index >= 15 is 0 Å². The number of carbonyl (C=O) groups is 2. The van der Waals surface area contributed by atoms with Gasteiger partial charge in [-0.3, -0.25) is 9.59 Å². The Kier molecular flexibility index (Phi) is 7.70. The van der Waals surface area contributed by atoms with Crippen LogP contribution in [0, 0.1) is 11.3 Å². The number of rotatable bonds is 6. The van der Waals surface area contributed by atoms with Crippen molar-refractivity contribution in [3.8, 4) is 0 Å². The topological polar surface area (TPSA) is 81.6 Å². The Labute approximate surface area is 142 Å². The van der Waals surface area contributed by atoms with Crippen molar-refractivity contribution in [1.82, 2.24) is 5.32 Å². The second-order valence-corrected chi connectivity index (χ2v) is 5.28. The molecule has 0 bridgehead atoms. The zero-order chi connectivity index (χ0) is 14.6. The standard InChI is InChI=1S/C14H22N2O3.Na/c1-5-10(6-2)8-14(7-9(3)4)11(17)15-13(19)16-12(14)18;/h10H,3,5-8H2,1-2,4H3,(H2,15,16,17,18,19);/q;+1/p-1. The first kappa shape index (κ1) is 19.4. The molecule has 1 unspecified atom stereocenters. The van der Waals surface area contributed by atoms with E-state index in [4.69, 9.17) is 0 Å². The number of hydrogen-bond acceptors (Lipinski definition) is 3. The molecule has 1 aliphatic rings. The molecule has 0 saturated carbocycles. The Hall–Kier alpha value is -0.650. The fraction of sp³-hybridized carbons (Fsp3) is 0.643. The van der Waals surface area contributed by atoms with E-state index in [1.165, 1.54) is 0 Å². The number of hydrogen-bond donors (Lipinski definition) is 1. The minimum Gasteiger partial charge on any atom is -0.846 e. The molecule has 20 heavy (non-hydrogen) atoms. The smallest absolute Gasteiger partial charge is 0.846 e. The molecule has 1 heterocycles. The number of aliphatic imine (C=N–C) groups is 1. The van der Waals surface area contributed by atoms with Crippen LogP contribution in [-0.4, -0.2) is 17.8 Å². The fourth-order valence-electron chi connectivity index (χ4n) is 2.53. The first-order valence-corrected chi connectivity index (χ1v) is 6.61. The molecule has 5 nitrogen and oxygen atoms in total. The maximum Gasteiger partial charge on any atom is 1.00 e. The summed E-state index contributed by atoms with van der Waals surface area (Å²) in [4.78, 5) is 27.7. The van der Waals surface area contributed by atoms with Crippen molar-refractivity contribution >= 4 is 17.8 Å². The van der Waals surface area contributed by atoms with E-state index in [-0.39, 0.29) is 41.9 Å². The van der Waals surface area contributed by atoms with Gasteiger partial charge >= 0.3 is 29.6 Å². The van der Waals surface area contributed by atoms with Crippen molar-refractivity contribution < 1.29 is 44.3 Å². The van der Waals surface area contributed by atoms with Crippen molar-refractivity contribution in [2.24, 2.45) is 16.3 Å². The summed E-state index contributed by atoms with van der Waals surface area (Å²) in [6.45, 7) is 9.60. The van der Waals surface area contributed by atoms with Gasteiger partial charge in [-0.05, 0) is 25.7 Å². The maximum atomic E-state index is 12.2. The molecule has 1 N–H and O–H groups in total. The quantitative estimate of drug-likeness (QED) is 0.354. The van der Waals surface area contributed by atoms with Crippen LogP contribution in [0.15, 0.2) is 17.1 Å². The number of amides is 2. The largest absolute Gasteiger partial charge is 1.00 e. The predicted molar refractivity (Wildman–Crippen MR) is 71.1 cm³/mol. The third-order valence-corrected chi connectivity index (χ3v) is 3.66. The molecule has 0 radical (unpaired) electrons. The number of carbonyl (C=O) groups excluding carboxylic acids is 2. The van der Waals surface area contributed by atoms with Gasteiger partial charge in [0.2, 0.25) is 5.91 Å². The van der Waals surface area contributed by atoms with E-state index < -0.39 is 23.3 Å². The van der Waals surface area contributed by atoms with E-state index in [1.54, 1.807) is 6.92 Å². The van der Waals surface area contributed by atoms with E-state index in [1.807, 2.05) is 13.8 Å². The van der Waals surface area contributed by atoms with E-state index in [2.05, 4.69) is 16.9 Å². The average Bonchev–Trinajstić information content (AvgIpc) is 2.31. The second-order valence-electron chi connectivity index (χ2n) is 5.28. The van der Waals surface area contributed by atoms with Gasteiger partial charge in [-0.15, -0.1) is 6.58 Å². The molecule has 1 rings (SSSR count). The molecule has 0 aromatic rings. The number of nitrogens with zero attached hydrogens (tertiary/aromatic N) is 1. The third kappa shape index (κ3) is 4.17. The van der Waals surface area contributed by atoms with Gasteiger partial charge in [0, 0.05) is 0 Å². The van der Waals surface area contributed by atoms with Gasteiger partial charge in [-0.25, -0.2) is 4.99 Å². The van der Waals surface area contributed by atoms with Gasteiger partial charge in [-0.2, -0.15) is 0 Å². The van der Waals surface area contributed by atoms with Crippen LogP contribution in [0.2, 0.25) is 0 Å². The molecule has 0 fully saturated rings. The predicted octanol–water partition coefficient (Wildman–Crippen LogP) is -1.86. The van der Waals surface area contributed by atoms with Crippen LogP contribution in [0.3, 0.4) is 0 Å². The van der Waals surface area contributed by atoms with Gasteiger partial charge in [0.1, 0.15) is 5.41 Å². The van der Waals surface area contributed by atoms with Gasteiger partial charge in [0.05, 0.1) is 6.02 Å².